The molecule has 2 aliphatic heterocycles. The van der Waals surface area contributed by atoms with Crippen LogP contribution in [0.25, 0.3) is 0 Å². The molecule has 4 heteroatoms. The molecule has 1 aromatic carbocycles. The first kappa shape index (κ1) is 15.3. The summed E-state index contributed by atoms with van der Waals surface area (Å²) < 4.78 is 0. The summed E-state index contributed by atoms with van der Waals surface area (Å²) in [6.07, 6.45) is 5.60. The predicted molar refractivity (Wildman–Crippen MR) is 83.5 cm³/mol. The van der Waals surface area contributed by atoms with Gasteiger partial charge in [0.25, 0.3) is 5.91 Å². The van der Waals surface area contributed by atoms with Crippen LogP contribution < -0.4 is 10.6 Å². The van der Waals surface area contributed by atoms with Gasteiger partial charge in [-0.2, -0.15) is 0 Å². The summed E-state index contributed by atoms with van der Waals surface area (Å²) in [5, 5.41) is 6.84. The largest absolute Gasteiger partial charge is 0.349 e. The Balaban J connectivity index is 0.00000147. The van der Waals surface area contributed by atoms with Crippen molar-refractivity contribution < 1.29 is 4.79 Å². The van der Waals surface area contributed by atoms with Crippen molar-refractivity contribution in [2.24, 2.45) is 0 Å². The summed E-state index contributed by atoms with van der Waals surface area (Å²) >= 11 is 0. The number of carbonyl (C=O) groups is 1. The first-order valence-electron chi connectivity index (χ1n) is 7.41. The molecule has 2 saturated heterocycles. The topological polar surface area (TPSA) is 41.1 Å². The van der Waals surface area contributed by atoms with Crippen LogP contribution in [0.15, 0.2) is 24.3 Å². The van der Waals surface area contributed by atoms with Crippen molar-refractivity contribution in [3.05, 3.63) is 35.4 Å². The number of fused-ring (bicyclic) bond motifs is 2. The number of hydrogen-bond acceptors (Lipinski definition) is 2. The molecule has 3 rings (SSSR count). The summed E-state index contributed by atoms with van der Waals surface area (Å²) in [6, 6.07) is 9.50. The highest BCUT2D eigenvalue weighted by Crippen LogP contribution is 2.27. The zero-order valence-corrected chi connectivity index (χ0v) is 12.7. The Morgan fingerprint density at radius 2 is 1.90 bits per heavy atom. The third-order valence-electron chi connectivity index (χ3n) is 4.45. The van der Waals surface area contributed by atoms with Crippen LogP contribution >= 0.6 is 12.4 Å². The van der Waals surface area contributed by atoms with Crippen molar-refractivity contribution in [1.82, 2.24) is 10.6 Å². The maximum Gasteiger partial charge on any atom is 0.251 e. The molecular weight excluding hydrogens is 272 g/mol. The van der Waals surface area contributed by atoms with Crippen LogP contribution in [0.3, 0.4) is 0 Å². The summed E-state index contributed by atoms with van der Waals surface area (Å²) in [6.45, 7) is 2.09. The van der Waals surface area contributed by atoms with E-state index in [9.17, 15) is 4.79 Å². The highest BCUT2D eigenvalue weighted by atomic mass is 35.5. The van der Waals surface area contributed by atoms with E-state index in [1.807, 2.05) is 24.3 Å². The number of nitrogens with one attached hydrogen (secondary N) is 2. The van der Waals surface area contributed by atoms with E-state index < -0.39 is 0 Å². The van der Waals surface area contributed by atoms with Crippen molar-refractivity contribution in [2.45, 2.75) is 57.2 Å². The molecule has 20 heavy (non-hydrogen) atoms. The minimum atomic E-state index is 0. The summed E-state index contributed by atoms with van der Waals surface area (Å²) in [5.41, 5.74) is 1.98. The van der Waals surface area contributed by atoms with Gasteiger partial charge in [0.15, 0.2) is 0 Å². The quantitative estimate of drug-likeness (QED) is 0.900. The normalized spacial score (nSPS) is 27.8. The fraction of sp³-hybridized carbons (Fsp3) is 0.562. The molecule has 0 aromatic heterocycles. The highest BCUT2D eigenvalue weighted by molar-refractivity contribution is 5.95. The number of benzene rings is 1. The molecular formula is C16H23ClN2O. The van der Waals surface area contributed by atoms with Crippen LogP contribution in [0.4, 0.5) is 0 Å². The van der Waals surface area contributed by atoms with E-state index in [0.717, 1.165) is 30.4 Å². The van der Waals surface area contributed by atoms with E-state index >= 15 is 0 Å². The Morgan fingerprint density at radius 1 is 1.25 bits per heavy atom. The molecule has 2 N–H and O–H groups in total. The molecule has 0 spiro atoms. The van der Waals surface area contributed by atoms with Gasteiger partial charge < -0.3 is 10.6 Å². The maximum atomic E-state index is 12.4. The van der Waals surface area contributed by atoms with Crippen LogP contribution in [0, 0.1) is 0 Å². The van der Waals surface area contributed by atoms with E-state index in [2.05, 4.69) is 17.6 Å². The average Bonchev–Trinajstić information content (AvgIpc) is 2.78. The van der Waals surface area contributed by atoms with Gasteiger partial charge in [0.05, 0.1) is 0 Å². The Bertz CT molecular complexity index is 465. The lowest BCUT2D eigenvalue weighted by molar-refractivity contribution is 0.0923. The molecule has 3 nitrogen and oxygen atoms in total. The molecule has 0 saturated carbocycles. The summed E-state index contributed by atoms with van der Waals surface area (Å²) in [4.78, 5) is 12.4. The standard InChI is InChI=1S/C16H22N2O.ClH/c1-2-11-5-3-4-6-15(11)16(19)18-14-9-12-7-8-13(10-14)17-12;/h3-6,12-14,17H,2,7-10H2,1H3,(H,18,19);1H. The number of piperidine rings is 1. The number of carbonyl (C=O) groups excluding carboxylic acids is 1. The Morgan fingerprint density at radius 3 is 2.55 bits per heavy atom. The molecule has 110 valence electrons. The Hall–Kier alpha value is -1.06. The van der Waals surface area contributed by atoms with E-state index in [4.69, 9.17) is 0 Å². The van der Waals surface area contributed by atoms with Gasteiger partial charge in [0, 0.05) is 23.7 Å². The highest BCUT2D eigenvalue weighted by Gasteiger charge is 2.34. The average molecular weight is 295 g/mol. The van der Waals surface area contributed by atoms with Crippen LogP contribution in [0.2, 0.25) is 0 Å². The van der Waals surface area contributed by atoms with Gasteiger partial charge >= 0.3 is 0 Å². The third-order valence-corrected chi connectivity index (χ3v) is 4.45. The van der Waals surface area contributed by atoms with Gasteiger partial charge in [-0.3, -0.25) is 4.79 Å². The molecule has 2 fully saturated rings. The van der Waals surface area contributed by atoms with Crippen molar-refractivity contribution >= 4 is 18.3 Å². The number of halogens is 1. The van der Waals surface area contributed by atoms with Crippen molar-refractivity contribution in [3.63, 3.8) is 0 Å². The molecule has 0 radical (unpaired) electrons. The first-order valence-corrected chi connectivity index (χ1v) is 7.41. The van der Waals surface area contributed by atoms with Crippen LogP contribution in [-0.2, 0) is 6.42 Å². The van der Waals surface area contributed by atoms with Crippen LogP contribution in [0.1, 0.15) is 48.5 Å². The Kier molecular flexibility index (Phi) is 5.06. The predicted octanol–water partition coefficient (Wildman–Crippen LogP) is 2.68. The lowest BCUT2D eigenvalue weighted by Gasteiger charge is -2.29. The molecule has 2 bridgehead atoms. The number of hydrogen-bond donors (Lipinski definition) is 2. The number of rotatable bonds is 3. The van der Waals surface area contributed by atoms with Gasteiger partial charge in [-0.15, -0.1) is 12.4 Å². The second kappa shape index (κ2) is 6.59. The van der Waals surface area contributed by atoms with Crippen molar-refractivity contribution in [3.8, 4) is 0 Å². The molecule has 2 aliphatic rings. The van der Waals surface area contributed by atoms with Gasteiger partial charge in [0.2, 0.25) is 0 Å². The summed E-state index contributed by atoms with van der Waals surface area (Å²) in [5.74, 6) is 0.101. The van der Waals surface area contributed by atoms with Crippen molar-refractivity contribution in [2.75, 3.05) is 0 Å². The molecule has 1 amide bonds. The molecule has 2 atom stereocenters. The van der Waals surface area contributed by atoms with Gasteiger partial charge in [-0.25, -0.2) is 0 Å². The zero-order valence-electron chi connectivity index (χ0n) is 11.9. The fourth-order valence-electron chi connectivity index (χ4n) is 3.49. The van der Waals surface area contributed by atoms with E-state index in [-0.39, 0.29) is 18.3 Å². The minimum absolute atomic E-state index is 0. The van der Waals surface area contributed by atoms with E-state index in [1.54, 1.807) is 0 Å². The number of amides is 1. The van der Waals surface area contributed by atoms with E-state index in [0.29, 0.717) is 18.1 Å². The van der Waals surface area contributed by atoms with Crippen molar-refractivity contribution in [1.29, 1.82) is 0 Å². The zero-order chi connectivity index (χ0) is 13.2. The molecule has 0 aliphatic carbocycles. The maximum absolute atomic E-state index is 12.4. The molecule has 1 aromatic rings. The Labute approximate surface area is 126 Å². The van der Waals surface area contributed by atoms with Crippen LogP contribution in [0.5, 0.6) is 0 Å². The van der Waals surface area contributed by atoms with Crippen LogP contribution in [-0.4, -0.2) is 24.0 Å². The fourth-order valence-corrected chi connectivity index (χ4v) is 3.49. The van der Waals surface area contributed by atoms with Gasteiger partial charge in [-0.1, -0.05) is 25.1 Å². The molecule has 2 heterocycles. The van der Waals surface area contributed by atoms with Gasteiger partial charge in [-0.05, 0) is 43.7 Å². The lowest BCUT2D eigenvalue weighted by atomic mass is 9.98. The lowest BCUT2D eigenvalue weighted by Crippen LogP contribution is -2.48. The second-order valence-electron chi connectivity index (χ2n) is 5.79. The van der Waals surface area contributed by atoms with E-state index in [1.165, 1.54) is 12.8 Å². The molecule has 2 unspecified atom stereocenters. The SMILES string of the molecule is CCc1ccccc1C(=O)NC1CC2CCC(C1)N2.Cl. The minimum Gasteiger partial charge on any atom is -0.349 e. The second-order valence-corrected chi connectivity index (χ2v) is 5.79. The third kappa shape index (κ3) is 3.15. The van der Waals surface area contributed by atoms with Gasteiger partial charge in [0.1, 0.15) is 0 Å². The monoisotopic (exact) mass is 294 g/mol. The number of aryl methyl sites for hydroxylation is 1. The summed E-state index contributed by atoms with van der Waals surface area (Å²) in [7, 11) is 0. The smallest absolute Gasteiger partial charge is 0.251 e. The first-order chi connectivity index (χ1) is 9.26.